The van der Waals surface area contributed by atoms with E-state index in [1.54, 1.807) is 4.90 Å². The van der Waals surface area contributed by atoms with E-state index in [2.05, 4.69) is 22.5 Å². The van der Waals surface area contributed by atoms with E-state index >= 15 is 0 Å². The van der Waals surface area contributed by atoms with E-state index in [9.17, 15) is 14.4 Å². The molecule has 4 rings (SSSR count). The third kappa shape index (κ3) is 4.46. The number of amides is 3. The van der Waals surface area contributed by atoms with Crippen molar-refractivity contribution in [1.82, 2.24) is 15.5 Å². The number of carbonyl (C=O) groups is 3. The average Bonchev–Trinajstić information content (AvgIpc) is 3.36. The molecule has 7 heteroatoms. The number of nitrogens with one attached hydrogen (secondary N) is 2. The number of anilines is 1. The predicted octanol–water partition coefficient (Wildman–Crippen LogP) is 1.99. The molecule has 7 nitrogen and oxygen atoms in total. The SMILES string of the molecule is CCN1CCC[C@H]1CNC(=O)C(=O)N[C@H]1C(=O)N(Cc2ccccc2)c2ccccc21. The summed E-state index contributed by atoms with van der Waals surface area (Å²) in [6.07, 6.45) is 2.11. The number of benzene rings is 2. The van der Waals surface area contributed by atoms with E-state index in [-0.39, 0.29) is 11.9 Å². The second-order valence-electron chi connectivity index (χ2n) is 8.01. The van der Waals surface area contributed by atoms with Gasteiger partial charge in [0.1, 0.15) is 6.04 Å². The average molecular weight is 421 g/mol. The number of fused-ring (bicyclic) bond motifs is 1. The minimum atomic E-state index is -0.864. The highest BCUT2D eigenvalue weighted by molar-refractivity contribution is 6.35. The van der Waals surface area contributed by atoms with Crippen LogP contribution in [0.15, 0.2) is 54.6 Å². The summed E-state index contributed by atoms with van der Waals surface area (Å²) in [6, 6.07) is 16.5. The minimum absolute atomic E-state index is 0.237. The third-order valence-corrected chi connectivity index (χ3v) is 6.12. The molecule has 2 aromatic carbocycles. The smallest absolute Gasteiger partial charge is 0.310 e. The summed E-state index contributed by atoms with van der Waals surface area (Å²) >= 11 is 0. The van der Waals surface area contributed by atoms with Crippen molar-refractivity contribution < 1.29 is 14.4 Å². The van der Waals surface area contributed by atoms with Gasteiger partial charge in [-0.1, -0.05) is 55.5 Å². The van der Waals surface area contributed by atoms with E-state index in [1.165, 1.54) is 0 Å². The monoisotopic (exact) mass is 420 g/mol. The molecule has 0 spiro atoms. The molecule has 3 amide bonds. The van der Waals surface area contributed by atoms with Crippen LogP contribution in [0.2, 0.25) is 0 Å². The van der Waals surface area contributed by atoms with Gasteiger partial charge >= 0.3 is 11.8 Å². The molecular formula is C24H28N4O3. The third-order valence-electron chi connectivity index (χ3n) is 6.12. The molecule has 2 aromatic rings. The quantitative estimate of drug-likeness (QED) is 0.701. The lowest BCUT2D eigenvalue weighted by atomic mass is 10.1. The number of hydrogen-bond acceptors (Lipinski definition) is 4. The number of carbonyl (C=O) groups excluding carboxylic acids is 3. The van der Waals surface area contributed by atoms with Gasteiger partial charge in [-0.15, -0.1) is 0 Å². The first-order valence-corrected chi connectivity index (χ1v) is 10.9. The Hall–Kier alpha value is -3.19. The zero-order valence-corrected chi connectivity index (χ0v) is 17.7. The molecule has 0 saturated carbocycles. The van der Waals surface area contributed by atoms with Crippen molar-refractivity contribution in [3.05, 3.63) is 65.7 Å². The van der Waals surface area contributed by atoms with Gasteiger partial charge in [0.15, 0.2) is 0 Å². The standard InChI is InChI=1S/C24H28N4O3/c1-2-27-14-8-11-18(27)15-25-22(29)23(30)26-21-19-12-6-7-13-20(19)28(24(21)31)16-17-9-4-3-5-10-17/h3-7,9-10,12-13,18,21H,2,8,11,14-16H2,1H3,(H,25,29)(H,26,30)/t18-,21+/m0/s1. The van der Waals surface area contributed by atoms with E-state index in [1.807, 2.05) is 54.6 Å². The van der Waals surface area contributed by atoms with Crippen molar-refractivity contribution in [2.75, 3.05) is 24.5 Å². The summed E-state index contributed by atoms with van der Waals surface area (Å²) in [5.41, 5.74) is 2.46. The Labute approximate surface area is 182 Å². The molecule has 0 aromatic heterocycles. The van der Waals surface area contributed by atoms with Crippen LogP contribution in [0.5, 0.6) is 0 Å². The van der Waals surface area contributed by atoms with E-state index in [0.717, 1.165) is 37.2 Å². The van der Waals surface area contributed by atoms with Gasteiger partial charge in [0.05, 0.1) is 6.54 Å². The number of hydrogen-bond donors (Lipinski definition) is 2. The lowest BCUT2D eigenvalue weighted by molar-refractivity contribution is -0.140. The lowest BCUT2D eigenvalue weighted by Gasteiger charge is -2.23. The Morgan fingerprint density at radius 1 is 1.03 bits per heavy atom. The molecule has 2 aliphatic rings. The van der Waals surface area contributed by atoms with Crippen LogP contribution < -0.4 is 15.5 Å². The zero-order chi connectivity index (χ0) is 21.8. The molecule has 0 unspecified atom stereocenters. The highest BCUT2D eigenvalue weighted by atomic mass is 16.2. The molecule has 2 atom stereocenters. The Kier molecular flexibility index (Phi) is 6.32. The highest BCUT2D eigenvalue weighted by Crippen LogP contribution is 2.36. The molecule has 2 aliphatic heterocycles. The van der Waals surface area contributed by atoms with Crippen LogP contribution in [0.1, 0.15) is 36.9 Å². The summed E-state index contributed by atoms with van der Waals surface area (Å²) in [6.45, 7) is 4.89. The normalized spacial score (nSPS) is 20.5. The van der Waals surface area contributed by atoms with E-state index < -0.39 is 17.9 Å². The van der Waals surface area contributed by atoms with Crippen molar-refractivity contribution in [1.29, 1.82) is 0 Å². The molecule has 0 radical (unpaired) electrons. The summed E-state index contributed by atoms with van der Waals surface area (Å²) in [7, 11) is 0. The van der Waals surface area contributed by atoms with Gasteiger partial charge in [-0.2, -0.15) is 0 Å². The number of rotatable bonds is 6. The van der Waals surface area contributed by atoms with Crippen molar-refractivity contribution >= 4 is 23.4 Å². The first-order chi connectivity index (χ1) is 15.1. The molecule has 2 N–H and O–H groups in total. The van der Waals surface area contributed by atoms with Crippen molar-refractivity contribution in [3.8, 4) is 0 Å². The summed E-state index contributed by atoms with van der Waals surface area (Å²) in [5.74, 6) is -1.72. The molecule has 1 saturated heterocycles. The van der Waals surface area contributed by atoms with Gasteiger partial charge in [0.2, 0.25) is 0 Å². The summed E-state index contributed by atoms with van der Waals surface area (Å²) in [4.78, 5) is 42.1. The van der Waals surface area contributed by atoms with Gasteiger partial charge in [0, 0.05) is 23.8 Å². The predicted molar refractivity (Wildman–Crippen MR) is 118 cm³/mol. The number of likely N-dealkylation sites (tertiary alicyclic amines) is 1. The molecule has 0 aliphatic carbocycles. The maximum Gasteiger partial charge on any atom is 0.310 e. The van der Waals surface area contributed by atoms with E-state index in [4.69, 9.17) is 0 Å². The highest BCUT2D eigenvalue weighted by Gasteiger charge is 2.39. The second-order valence-corrected chi connectivity index (χ2v) is 8.01. The molecule has 31 heavy (non-hydrogen) atoms. The second kappa shape index (κ2) is 9.31. The topological polar surface area (TPSA) is 81.8 Å². The lowest BCUT2D eigenvalue weighted by Crippen LogP contribution is -2.47. The molecule has 1 fully saturated rings. The van der Waals surface area contributed by atoms with Crippen LogP contribution in [0.3, 0.4) is 0 Å². The zero-order valence-electron chi connectivity index (χ0n) is 17.7. The van der Waals surface area contributed by atoms with Gasteiger partial charge in [-0.25, -0.2) is 0 Å². The Balaban J connectivity index is 1.42. The van der Waals surface area contributed by atoms with Crippen LogP contribution >= 0.6 is 0 Å². The first kappa shape index (κ1) is 21.1. The Morgan fingerprint density at radius 2 is 1.77 bits per heavy atom. The number of para-hydroxylation sites is 1. The summed E-state index contributed by atoms with van der Waals surface area (Å²) < 4.78 is 0. The minimum Gasteiger partial charge on any atom is -0.346 e. The van der Waals surface area contributed by atoms with Crippen LogP contribution in [-0.2, 0) is 20.9 Å². The first-order valence-electron chi connectivity index (χ1n) is 10.9. The van der Waals surface area contributed by atoms with Crippen molar-refractivity contribution in [3.63, 3.8) is 0 Å². The van der Waals surface area contributed by atoms with Crippen molar-refractivity contribution in [2.45, 2.75) is 38.4 Å². The van der Waals surface area contributed by atoms with Gasteiger partial charge in [-0.05, 0) is 37.6 Å². The van der Waals surface area contributed by atoms with Gasteiger partial charge in [-0.3, -0.25) is 19.3 Å². The Bertz CT molecular complexity index is 962. The van der Waals surface area contributed by atoms with Crippen LogP contribution in [-0.4, -0.2) is 48.3 Å². The molecule has 0 bridgehead atoms. The maximum atomic E-state index is 13.1. The largest absolute Gasteiger partial charge is 0.346 e. The van der Waals surface area contributed by atoms with Crippen LogP contribution in [0, 0.1) is 0 Å². The van der Waals surface area contributed by atoms with E-state index in [0.29, 0.717) is 18.7 Å². The fourth-order valence-corrected chi connectivity index (χ4v) is 4.48. The molecular weight excluding hydrogens is 392 g/mol. The molecule has 162 valence electrons. The number of likely N-dealkylation sites (N-methyl/N-ethyl adjacent to an activating group) is 1. The molecule has 2 heterocycles. The van der Waals surface area contributed by atoms with Gasteiger partial charge < -0.3 is 15.5 Å². The maximum absolute atomic E-state index is 13.1. The number of nitrogens with zero attached hydrogens (tertiary/aromatic N) is 2. The summed E-state index contributed by atoms with van der Waals surface area (Å²) in [5, 5.41) is 5.38. The van der Waals surface area contributed by atoms with Crippen LogP contribution in [0.25, 0.3) is 0 Å². The van der Waals surface area contributed by atoms with Crippen molar-refractivity contribution in [2.24, 2.45) is 0 Å². The fraction of sp³-hybridized carbons (Fsp3) is 0.375. The van der Waals surface area contributed by atoms with Gasteiger partial charge in [0.25, 0.3) is 5.91 Å². The fourth-order valence-electron chi connectivity index (χ4n) is 4.48. The van der Waals surface area contributed by atoms with Crippen LogP contribution in [0.4, 0.5) is 5.69 Å². The Morgan fingerprint density at radius 3 is 2.55 bits per heavy atom.